The first kappa shape index (κ1) is 14.9. The van der Waals surface area contributed by atoms with Crippen LogP contribution >= 0.6 is 0 Å². The Labute approximate surface area is 96.6 Å². The maximum atomic E-state index is 2.42. The molecule has 0 aromatic carbocycles. The van der Waals surface area contributed by atoms with E-state index in [-0.39, 0.29) is 0 Å². The number of hydrogen-bond acceptors (Lipinski definition) is 2. The zero-order valence-electron chi connectivity index (χ0n) is 12.0. The van der Waals surface area contributed by atoms with Crippen LogP contribution in [0.2, 0.25) is 0 Å². The lowest BCUT2D eigenvalue weighted by molar-refractivity contribution is 0.118. The minimum atomic E-state index is 0.359. The summed E-state index contributed by atoms with van der Waals surface area (Å²) >= 11 is 0. The van der Waals surface area contributed by atoms with Crippen LogP contribution in [0.25, 0.3) is 0 Å². The molecule has 0 aliphatic rings. The van der Waals surface area contributed by atoms with Crippen LogP contribution in [0.4, 0.5) is 0 Å². The molecular formula is C13H30N2. The fourth-order valence-electron chi connectivity index (χ4n) is 1.77. The van der Waals surface area contributed by atoms with Crippen molar-refractivity contribution in [3.63, 3.8) is 0 Å². The van der Waals surface area contributed by atoms with Crippen molar-refractivity contribution in [1.82, 2.24) is 9.80 Å². The molecule has 2 heteroatoms. The third-order valence-corrected chi connectivity index (χ3v) is 3.12. The van der Waals surface area contributed by atoms with Gasteiger partial charge in [0.25, 0.3) is 0 Å². The van der Waals surface area contributed by atoms with E-state index < -0.39 is 0 Å². The molecule has 0 bridgehead atoms. The summed E-state index contributed by atoms with van der Waals surface area (Å²) in [5, 5.41) is 0. The zero-order valence-corrected chi connectivity index (χ0v) is 12.0. The van der Waals surface area contributed by atoms with Gasteiger partial charge >= 0.3 is 0 Å². The van der Waals surface area contributed by atoms with Gasteiger partial charge in [0.2, 0.25) is 0 Å². The Morgan fingerprint density at radius 1 is 0.800 bits per heavy atom. The van der Waals surface area contributed by atoms with Crippen LogP contribution < -0.4 is 0 Å². The highest BCUT2D eigenvalue weighted by atomic mass is 15.2. The van der Waals surface area contributed by atoms with E-state index in [0.717, 1.165) is 13.1 Å². The molecule has 0 aromatic heterocycles. The predicted molar refractivity (Wildman–Crippen MR) is 69.3 cm³/mol. The van der Waals surface area contributed by atoms with Crippen molar-refractivity contribution >= 4 is 0 Å². The maximum Gasteiger partial charge on any atom is 0.00446 e. The number of rotatable bonds is 6. The van der Waals surface area contributed by atoms with Gasteiger partial charge < -0.3 is 9.80 Å². The normalized spacial score (nSPS) is 13.6. The molecule has 0 saturated carbocycles. The molecule has 0 atom stereocenters. The monoisotopic (exact) mass is 214 g/mol. The van der Waals surface area contributed by atoms with Crippen molar-refractivity contribution in [1.29, 1.82) is 0 Å². The molecule has 0 spiro atoms. The second kappa shape index (κ2) is 5.86. The molecule has 2 nitrogen and oxygen atoms in total. The van der Waals surface area contributed by atoms with Gasteiger partial charge in [-0.05, 0) is 47.2 Å². The third-order valence-electron chi connectivity index (χ3n) is 3.12. The van der Waals surface area contributed by atoms with Crippen molar-refractivity contribution in [2.75, 3.05) is 27.2 Å². The summed E-state index contributed by atoms with van der Waals surface area (Å²) in [5.41, 5.74) is 0.359. The van der Waals surface area contributed by atoms with Gasteiger partial charge in [-0.15, -0.1) is 0 Å². The van der Waals surface area contributed by atoms with Crippen LogP contribution in [-0.2, 0) is 0 Å². The van der Waals surface area contributed by atoms with Gasteiger partial charge in [-0.3, -0.25) is 0 Å². The molecule has 0 aliphatic heterocycles. The molecule has 0 heterocycles. The summed E-state index contributed by atoms with van der Waals surface area (Å²) < 4.78 is 0. The van der Waals surface area contributed by atoms with Gasteiger partial charge in [0.15, 0.2) is 0 Å². The molecule has 0 aromatic rings. The molecule has 0 saturated heterocycles. The minimum absolute atomic E-state index is 0.359. The minimum Gasteiger partial charge on any atom is -0.303 e. The van der Waals surface area contributed by atoms with E-state index in [0.29, 0.717) is 17.5 Å². The molecule has 0 aliphatic carbocycles. The van der Waals surface area contributed by atoms with Crippen molar-refractivity contribution in [3.05, 3.63) is 0 Å². The number of hydrogen-bond donors (Lipinski definition) is 0. The molecule has 92 valence electrons. The van der Waals surface area contributed by atoms with E-state index in [1.807, 2.05) is 0 Å². The molecule has 15 heavy (non-hydrogen) atoms. The Bertz CT molecular complexity index is 155. The van der Waals surface area contributed by atoms with Crippen molar-refractivity contribution < 1.29 is 0 Å². The van der Waals surface area contributed by atoms with Crippen LogP contribution in [0.15, 0.2) is 0 Å². The standard InChI is InChI=1S/C13H30N2/c1-11(2)14(7)9-13(5,6)10-15(8)12(3)4/h11-12H,9-10H2,1-8H3. The first-order valence-corrected chi connectivity index (χ1v) is 6.06. The Hall–Kier alpha value is -0.0800. The quantitative estimate of drug-likeness (QED) is 0.671. The lowest BCUT2D eigenvalue weighted by Gasteiger charge is -2.36. The summed E-state index contributed by atoms with van der Waals surface area (Å²) in [6.45, 7) is 16.0. The summed E-state index contributed by atoms with van der Waals surface area (Å²) in [7, 11) is 4.42. The SMILES string of the molecule is CC(C)N(C)CC(C)(C)CN(C)C(C)C. The highest BCUT2D eigenvalue weighted by Crippen LogP contribution is 2.19. The van der Waals surface area contributed by atoms with Crippen LogP contribution in [0, 0.1) is 5.41 Å². The topological polar surface area (TPSA) is 6.48 Å². The fourth-order valence-corrected chi connectivity index (χ4v) is 1.77. The maximum absolute atomic E-state index is 2.42. The largest absolute Gasteiger partial charge is 0.303 e. The van der Waals surface area contributed by atoms with Gasteiger partial charge in [-0.1, -0.05) is 13.8 Å². The van der Waals surface area contributed by atoms with E-state index in [9.17, 15) is 0 Å². The van der Waals surface area contributed by atoms with Crippen LogP contribution in [0.1, 0.15) is 41.5 Å². The lowest BCUT2D eigenvalue weighted by atomic mass is 9.91. The smallest absolute Gasteiger partial charge is 0.00446 e. The first-order valence-electron chi connectivity index (χ1n) is 6.06. The first-order chi connectivity index (χ1) is 6.65. The Balaban J connectivity index is 4.18. The third kappa shape index (κ3) is 6.16. The average molecular weight is 214 g/mol. The average Bonchev–Trinajstić information content (AvgIpc) is 2.01. The summed E-state index contributed by atoms with van der Waals surface area (Å²) in [6, 6.07) is 1.27. The van der Waals surface area contributed by atoms with Gasteiger partial charge in [-0.2, -0.15) is 0 Å². The molecular weight excluding hydrogens is 184 g/mol. The van der Waals surface area contributed by atoms with E-state index >= 15 is 0 Å². The van der Waals surface area contributed by atoms with Crippen LogP contribution in [0.5, 0.6) is 0 Å². The molecule has 0 unspecified atom stereocenters. The van der Waals surface area contributed by atoms with Crippen LogP contribution in [0.3, 0.4) is 0 Å². The highest BCUT2D eigenvalue weighted by molar-refractivity contribution is 4.78. The highest BCUT2D eigenvalue weighted by Gasteiger charge is 2.23. The predicted octanol–water partition coefficient (Wildman–Crippen LogP) is 2.69. The van der Waals surface area contributed by atoms with Gasteiger partial charge in [0, 0.05) is 25.2 Å². The fraction of sp³-hybridized carbons (Fsp3) is 1.00. The lowest BCUT2D eigenvalue weighted by Crippen LogP contribution is -2.43. The van der Waals surface area contributed by atoms with Crippen LogP contribution in [-0.4, -0.2) is 49.1 Å². The van der Waals surface area contributed by atoms with Gasteiger partial charge in [-0.25, -0.2) is 0 Å². The Morgan fingerprint density at radius 3 is 1.27 bits per heavy atom. The number of nitrogens with zero attached hydrogens (tertiary/aromatic N) is 2. The van der Waals surface area contributed by atoms with E-state index in [4.69, 9.17) is 0 Å². The molecule has 0 N–H and O–H groups in total. The van der Waals surface area contributed by atoms with Crippen molar-refractivity contribution in [2.24, 2.45) is 5.41 Å². The van der Waals surface area contributed by atoms with Gasteiger partial charge in [0.1, 0.15) is 0 Å². The van der Waals surface area contributed by atoms with Gasteiger partial charge in [0.05, 0.1) is 0 Å². The molecule has 0 fully saturated rings. The second-order valence-electron chi connectivity index (χ2n) is 6.18. The summed E-state index contributed by atoms with van der Waals surface area (Å²) in [4.78, 5) is 4.85. The summed E-state index contributed by atoms with van der Waals surface area (Å²) in [6.07, 6.45) is 0. The van der Waals surface area contributed by atoms with E-state index in [2.05, 4.69) is 65.4 Å². The Morgan fingerprint density at radius 2 is 1.07 bits per heavy atom. The van der Waals surface area contributed by atoms with Crippen molar-refractivity contribution in [2.45, 2.75) is 53.6 Å². The summed E-state index contributed by atoms with van der Waals surface area (Å²) in [5.74, 6) is 0. The van der Waals surface area contributed by atoms with E-state index in [1.165, 1.54) is 0 Å². The Kier molecular flexibility index (Phi) is 5.82. The molecule has 0 radical (unpaired) electrons. The van der Waals surface area contributed by atoms with E-state index in [1.54, 1.807) is 0 Å². The molecule has 0 amide bonds. The van der Waals surface area contributed by atoms with Crippen molar-refractivity contribution in [3.8, 4) is 0 Å². The zero-order chi connectivity index (χ0) is 12.2. The molecule has 0 rings (SSSR count). The second-order valence-corrected chi connectivity index (χ2v) is 6.18.